The monoisotopic (exact) mass is 432 g/mol. The van der Waals surface area contributed by atoms with Crippen LogP contribution in [0.15, 0.2) is 42.5 Å². The van der Waals surface area contributed by atoms with Crippen molar-refractivity contribution in [2.45, 2.75) is 64.4 Å². The van der Waals surface area contributed by atoms with Gasteiger partial charge in [-0.25, -0.2) is 8.78 Å². The average Bonchev–Trinajstić information content (AvgIpc) is 2.74. The Morgan fingerprint density at radius 1 is 1.10 bits per heavy atom. The Hall–Kier alpha value is -2.30. The number of ether oxygens (including phenoxy) is 1. The van der Waals surface area contributed by atoms with Gasteiger partial charge in [-0.15, -0.1) is 0 Å². The molecular weight excluding hydrogens is 404 g/mol. The van der Waals surface area contributed by atoms with Crippen molar-refractivity contribution in [3.63, 3.8) is 0 Å². The Balaban J connectivity index is 1.58. The molecule has 1 fully saturated rings. The third kappa shape index (κ3) is 4.65. The van der Waals surface area contributed by atoms with Crippen molar-refractivity contribution < 1.29 is 22.3 Å². The second kappa shape index (κ2) is 9.46. The maximum absolute atomic E-state index is 15.5. The summed E-state index contributed by atoms with van der Waals surface area (Å²) in [4.78, 5) is 0. The second-order valence-electron chi connectivity index (χ2n) is 8.71. The van der Waals surface area contributed by atoms with Gasteiger partial charge in [-0.2, -0.15) is 8.78 Å². The summed E-state index contributed by atoms with van der Waals surface area (Å²) >= 11 is 0. The van der Waals surface area contributed by atoms with Crippen LogP contribution in [0.4, 0.5) is 17.6 Å². The molecule has 0 N–H and O–H groups in total. The third-order valence-corrected chi connectivity index (χ3v) is 6.77. The molecule has 5 heteroatoms. The molecule has 0 radical (unpaired) electrons. The normalized spacial score (nSPS) is 23.1. The van der Waals surface area contributed by atoms with E-state index in [9.17, 15) is 8.78 Å². The molecule has 0 saturated heterocycles. The van der Waals surface area contributed by atoms with E-state index in [-0.39, 0.29) is 17.2 Å². The first-order valence-electron chi connectivity index (χ1n) is 11.2. The summed E-state index contributed by atoms with van der Waals surface area (Å²) in [6.45, 7) is -0.768. The largest absolute Gasteiger partial charge is 0.435 e. The lowest BCUT2D eigenvalue weighted by Crippen LogP contribution is -2.28. The van der Waals surface area contributed by atoms with Gasteiger partial charge in [0.25, 0.3) is 0 Å². The van der Waals surface area contributed by atoms with E-state index < -0.39 is 18.2 Å². The summed E-state index contributed by atoms with van der Waals surface area (Å²) in [5.74, 6) is 0.0974. The molecule has 2 aromatic carbocycles. The van der Waals surface area contributed by atoms with Crippen LogP contribution in [-0.4, -0.2) is 6.61 Å². The first-order valence-corrected chi connectivity index (χ1v) is 11.2. The molecule has 0 aromatic heterocycles. The van der Waals surface area contributed by atoms with E-state index in [2.05, 4.69) is 23.8 Å². The Morgan fingerprint density at radius 2 is 1.87 bits per heavy atom. The van der Waals surface area contributed by atoms with E-state index >= 15 is 8.78 Å². The number of hydrogen-bond donors (Lipinski definition) is 0. The highest BCUT2D eigenvalue weighted by atomic mass is 19.3. The molecule has 4 rings (SSSR count). The Morgan fingerprint density at radius 3 is 2.58 bits per heavy atom. The molecule has 1 nitrogen and oxygen atoms in total. The molecule has 2 aliphatic carbocycles. The highest BCUT2D eigenvalue weighted by Crippen LogP contribution is 2.49. The summed E-state index contributed by atoms with van der Waals surface area (Å²) in [5.41, 5.74) is 1.68. The maximum Gasteiger partial charge on any atom is 0.387 e. The second-order valence-corrected chi connectivity index (χ2v) is 8.71. The highest BCUT2D eigenvalue weighted by molar-refractivity contribution is 5.68. The number of halogens is 4. The van der Waals surface area contributed by atoms with Gasteiger partial charge in [0.05, 0.1) is 5.56 Å². The van der Waals surface area contributed by atoms with Crippen LogP contribution in [0, 0.1) is 23.5 Å². The summed E-state index contributed by atoms with van der Waals surface area (Å²) in [7, 11) is 0. The predicted molar refractivity (Wildman–Crippen MR) is 114 cm³/mol. The lowest BCUT2D eigenvalue weighted by atomic mass is 9.65. The van der Waals surface area contributed by atoms with E-state index in [1.165, 1.54) is 30.3 Å². The molecule has 3 atom stereocenters. The van der Waals surface area contributed by atoms with Crippen molar-refractivity contribution in [3.8, 4) is 16.9 Å². The molecule has 0 amide bonds. The van der Waals surface area contributed by atoms with Crippen molar-refractivity contribution >= 4 is 0 Å². The third-order valence-electron chi connectivity index (χ3n) is 6.77. The van der Waals surface area contributed by atoms with E-state index in [4.69, 9.17) is 0 Å². The molecular formula is C26H28F4O. The lowest BCUT2D eigenvalue weighted by molar-refractivity contribution is -0.0498. The zero-order chi connectivity index (χ0) is 22.0. The fraction of sp³-hybridized carbons (Fsp3) is 0.462. The first kappa shape index (κ1) is 21.9. The van der Waals surface area contributed by atoms with E-state index in [1.807, 2.05) is 0 Å². The van der Waals surface area contributed by atoms with Crippen LogP contribution >= 0.6 is 0 Å². The topological polar surface area (TPSA) is 9.23 Å². The highest BCUT2D eigenvalue weighted by Gasteiger charge is 2.37. The number of rotatable bonds is 6. The predicted octanol–water partition coefficient (Wildman–Crippen LogP) is 8.04. The smallest absolute Gasteiger partial charge is 0.387 e. The Labute approximate surface area is 181 Å². The minimum Gasteiger partial charge on any atom is -0.435 e. The van der Waals surface area contributed by atoms with Gasteiger partial charge in [0.1, 0.15) is 17.4 Å². The minimum atomic E-state index is -2.94. The van der Waals surface area contributed by atoms with Crippen LogP contribution in [0.1, 0.15) is 62.5 Å². The van der Waals surface area contributed by atoms with Crippen LogP contribution in [0.2, 0.25) is 0 Å². The molecule has 2 aliphatic rings. The van der Waals surface area contributed by atoms with Crippen LogP contribution in [0.5, 0.6) is 5.75 Å². The molecule has 0 aliphatic heterocycles. The zero-order valence-corrected chi connectivity index (χ0v) is 17.7. The molecule has 2 aromatic rings. The number of benzene rings is 2. The fourth-order valence-electron chi connectivity index (χ4n) is 5.32. The molecule has 0 heterocycles. The average molecular weight is 433 g/mol. The van der Waals surface area contributed by atoms with Crippen molar-refractivity contribution in [1.82, 2.24) is 0 Å². The summed E-state index contributed by atoms with van der Waals surface area (Å²) in [6.07, 6.45) is 11.5. The minimum absolute atomic E-state index is 0.0369. The van der Waals surface area contributed by atoms with Crippen LogP contribution < -0.4 is 4.74 Å². The number of allylic oxidation sites excluding steroid dienone is 2. The van der Waals surface area contributed by atoms with Crippen molar-refractivity contribution in [2.75, 3.05) is 0 Å². The van der Waals surface area contributed by atoms with Crippen molar-refractivity contribution in [3.05, 3.63) is 65.2 Å². The van der Waals surface area contributed by atoms with Gasteiger partial charge in [0.2, 0.25) is 0 Å². The molecule has 0 spiro atoms. The van der Waals surface area contributed by atoms with E-state index in [0.29, 0.717) is 29.4 Å². The van der Waals surface area contributed by atoms with Gasteiger partial charge in [-0.1, -0.05) is 37.6 Å². The van der Waals surface area contributed by atoms with Crippen molar-refractivity contribution in [1.29, 1.82) is 0 Å². The molecule has 3 unspecified atom stereocenters. The van der Waals surface area contributed by atoms with Crippen LogP contribution in [0.25, 0.3) is 11.1 Å². The van der Waals surface area contributed by atoms with E-state index in [0.717, 1.165) is 44.1 Å². The van der Waals surface area contributed by atoms with Gasteiger partial charge in [0.15, 0.2) is 0 Å². The van der Waals surface area contributed by atoms with Crippen molar-refractivity contribution in [2.24, 2.45) is 11.8 Å². The lowest BCUT2D eigenvalue weighted by Gasteiger charge is -2.40. The Kier molecular flexibility index (Phi) is 6.68. The van der Waals surface area contributed by atoms with Gasteiger partial charge in [-0.05, 0) is 91.2 Å². The van der Waals surface area contributed by atoms with Crippen LogP contribution in [0.3, 0.4) is 0 Å². The molecule has 166 valence electrons. The van der Waals surface area contributed by atoms with E-state index in [1.54, 1.807) is 0 Å². The Bertz CT molecular complexity index is 935. The molecule has 0 bridgehead atoms. The first-order chi connectivity index (χ1) is 15.0. The molecule has 31 heavy (non-hydrogen) atoms. The number of unbranched alkanes of at least 4 members (excludes halogenated alkanes) is 1. The quantitative estimate of drug-likeness (QED) is 0.332. The standard InChI is InChI=1S/C26H28F4O/c1-2-3-4-5-16-6-12-20-18(14-16)9-13-21-22(20)15-23(27)24(25(21)28)17-7-10-19(11-8-17)31-26(29)30/h4-5,7-8,10-11,15-16,18,20,26H,2-3,6,9,12-14H2,1H3/b5-4+. The maximum atomic E-state index is 15.5. The summed E-state index contributed by atoms with van der Waals surface area (Å²) < 4.78 is 59.6. The number of fused-ring (bicyclic) bond motifs is 3. The fourth-order valence-corrected chi connectivity index (χ4v) is 5.32. The number of alkyl halides is 2. The summed E-state index contributed by atoms with van der Waals surface area (Å²) in [6, 6.07) is 6.98. The number of hydrogen-bond acceptors (Lipinski definition) is 1. The zero-order valence-electron chi connectivity index (χ0n) is 17.7. The van der Waals surface area contributed by atoms with Crippen LogP contribution in [-0.2, 0) is 6.42 Å². The van der Waals surface area contributed by atoms with Gasteiger partial charge < -0.3 is 4.74 Å². The SMILES string of the molecule is CCC/C=C/C1CCC2c3cc(F)c(-c4ccc(OC(F)F)cc4)c(F)c3CCC2C1. The molecule has 1 saturated carbocycles. The van der Waals surface area contributed by atoms with Gasteiger partial charge >= 0.3 is 6.61 Å². The van der Waals surface area contributed by atoms with Gasteiger partial charge in [-0.3, -0.25) is 0 Å². The summed E-state index contributed by atoms with van der Waals surface area (Å²) in [5, 5.41) is 0. The van der Waals surface area contributed by atoms with Gasteiger partial charge in [0, 0.05) is 0 Å².